The van der Waals surface area contributed by atoms with Crippen molar-refractivity contribution in [1.29, 1.82) is 0 Å². The molecule has 3 aromatic carbocycles. The molecule has 1 heterocycles. The Bertz CT molecular complexity index is 1400. The largest absolute Gasteiger partial charge is 0.495 e. The predicted molar refractivity (Wildman–Crippen MR) is 123 cm³/mol. The van der Waals surface area contributed by atoms with Crippen LogP contribution in [-0.4, -0.2) is 37.2 Å². The topological polar surface area (TPSA) is 120 Å². The van der Waals surface area contributed by atoms with Gasteiger partial charge in [0.25, 0.3) is 20.0 Å². The van der Waals surface area contributed by atoms with E-state index in [9.17, 15) is 16.8 Å². The van der Waals surface area contributed by atoms with E-state index in [1.54, 1.807) is 31.2 Å². The number of hydrogen-bond acceptors (Lipinski definition) is 7. The zero-order chi connectivity index (χ0) is 23.6. The maximum atomic E-state index is 13.0. The minimum Gasteiger partial charge on any atom is -0.495 e. The molecule has 0 saturated heterocycles. The Hall–Kier alpha value is -3.44. The van der Waals surface area contributed by atoms with E-state index in [2.05, 4.69) is 9.44 Å². The van der Waals surface area contributed by atoms with Gasteiger partial charge < -0.3 is 14.2 Å². The first-order chi connectivity index (χ1) is 15.7. The van der Waals surface area contributed by atoms with Crippen LogP contribution in [0.1, 0.15) is 5.56 Å². The second-order valence-corrected chi connectivity index (χ2v) is 10.6. The minimum atomic E-state index is -4.02. The first-order valence-corrected chi connectivity index (χ1v) is 12.9. The summed E-state index contributed by atoms with van der Waals surface area (Å²) in [5.74, 6) is 1.15. The summed E-state index contributed by atoms with van der Waals surface area (Å²) in [6, 6.07) is 15.1. The summed E-state index contributed by atoms with van der Waals surface area (Å²) in [6.07, 6.45) is 0. The molecule has 9 nitrogen and oxygen atoms in total. The van der Waals surface area contributed by atoms with Gasteiger partial charge in [-0.15, -0.1) is 0 Å². The Morgan fingerprint density at radius 3 is 2.09 bits per heavy atom. The maximum Gasteiger partial charge on any atom is 0.262 e. The van der Waals surface area contributed by atoms with Crippen molar-refractivity contribution in [2.45, 2.75) is 16.7 Å². The monoisotopic (exact) mass is 490 g/mol. The molecule has 0 amide bonds. The number of anilines is 2. The lowest BCUT2D eigenvalue weighted by Crippen LogP contribution is -2.18. The lowest BCUT2D eigenvalue weighted by atomic mass is 10.2. The summed E-state index contributed by atoms with van der Waals surface area (Å²) < 4.78 is 72.9. The number of ether oxygens (including phenoxy) is 3. The molecule has 1 aliphatic rings. The summed E-state index contributed by atoms with van der Waals surface area (Å²) in [5.41, 5.74) is 0.944. The van der Waals surface area contributed by atoms with Gasteiger partial charge in [0.2, 0.25) is 0 Å². The quantitative estimate of drug-likeness (QED) is 0.521. The van der Waals surface area contributed by atoms with Crippen molar-refractivity contribution in [2.24, 2.45) is 0 Å². The Balaban J connectivity index is 1.63. The lowest BCUT2D eigenvalue weighted by molar-refractivity contribution is 0.171. The molecule has 0 spiro atoms. The van der Waals surface area contributed by atoms with E-state index in [1.807, 2.05) is 0 Å². The summed E-state index contributed by atoms with van der Waals surface area (Å²) >= 11 is 0. The molecule has 0 aliphatic carbocycles. The third-order valence-corrected chi connectivity index (χ3v) is 7.67. The molecular formula is C22H22N2O7S2. The third kappa shape index (κ3) is 4.83. The molecule has 0 saturated carbocycles. The van der Waals surface area contributed by atoms with Crippen molar-refractivity contribution >= 4 is 31.4 Å². The van der Waals surface area contributed by atoms with Crippen LogP contribution in [0.5, 0.6) is 17.2 Å². The van der Waals surface area contributed by atoms with Crippen LogP contribution in [0.3, 0.4) is 0 Å². The molecular weight excluding hydrogens is 468 g/mol. The number of sulfonamides is 2. The van der Waals surface area contributed by atoms with Gasteiger partial charge in [0.1, 0.15) is 19.0 Å². The molecule has 0 bridgehead atoms. The smallest absolute Gasteiger partial charge is 0.262 e. The van der Waals surface area contributed by atoms with Crippen LogP contribution >= 0.6 is 0 Å². The van der Waals surface area contributed by atoms with Crippen molar-refractivity contribution in [3.63, 3.8) is 0 Å². The minimum absolute atomic E-state index is 0.0356. The van der Waals surface area contributed by atoms with Crippen LogP contribution in [-0.2, 0) is 20.0 Å². The molecule has 4 rings (SSSR count). The number of fused-ring (bicyclic) bond motifs is 1. The molecule has 174 valence electrons. The normalized spacial score (nSPS) is 13.3. The van der Waals surface area contributed by atoms with Gasteiger partial charge in [-0.05, 0) is 48.9 Å². The fourth-order valence-electron chi connectivity index (χ4n) is 3.21. The van der Waals surface area contributed by atoms with Gasteiger partial charge in [-0.1, -0.05) is 18.2 Å². The van der Waals surface area contributed by atoms with Gasteiger partial charge in [-0.25, -0.2) is 16.8 Å². The van der Waals surface area contributed by atoms with E-state index >= 15 is 0 Å². The van der Waals surface area contributed by atoms with Crippen LogP contribution in [0.4, 0.5) is 11.4 Å². The highest BCUT2D eigenvalue weighted by Crippen LogP contribution is 2.33. The average Bonchev–Trinajstić information content (AvgIpc) is 2.80. The van der Waals surface area contributed by atoms with Crippen LogP contribution in [0.2, 0.25) is 0 Å². The number of aryl methyl sites for hydroxylation is 1. The fourth-order valence-corrected chi connectivity index (χ4v) is 5.44. The van der Waals surface area contributed by atoms with Crippen molar-refractivity contribution in [3.8, 4) is 17.2 Å². The van der Waals surface area contributed by atoms with Crippen molar-refractivity contribution < 1.29 is 31.0 Å². The second kappa shape index (κ2) is 8.83. The Morgan fingerprint density at radius 1 is 0.758 bits per heavy atom. The zero-order valence-corrected chi connectivity index (χ0v) is 19.5. The van der Waals surface area contributed by atoms with Gasteiger partial charge >= 0.3 is 0 Å². The van der Waals surface area contributed by atoms with Crippen LogP contribution in [0.15, 0.2) is 70.5 Å². The molecule has 0 unspecified atom stereocenters. The predicted octanol–water partition coefficient (Wildman–Crippen LogP) is 3.38. The first kappa shape index (κ1) is 22.7. The lowest BCUT2D eigenvalue weighted by Gasteiger charge is -2.19. The van der Waals surface area contributed by atoms with E-state index < -0.39 is 20.0 Å². The summed E-state index contributed by atoms with van der Waals surface area (Å²) in [7, 11) is -6.61. The Labute approximate surface area is 192 Å². The zero-order valence-electron chi connectivity index (χ0n) is 17.9. The van der Waals surface area contributed by atoms with Crippen molar-refractivity contribution in [1.82, 2.24) is 0 Å². The van der Waals surface area contributed by atoms with Gasteiger partial charge in [-0.3, -0.25) is 9.44 Å². The maximum absolute atomic E-state index is 13.0. The summed E-state index contributed by atoms with van der Waals surface area (Å²) in [6.45, 7) is 2.38. The molecule has 2 N–H and O–H groups in total. The summed E-state index contributed by atoms with van der Waals surface area (Å²) in [4.78, 5) is -0.148. The van der Waals surface area contributed by atoms with Crippen LogP contribution < -0.4 is 23.7 Å². The molecule has 0 atom stereocenters. The molecule has 0 fully saturated rings. The average molecular weight is 491 g/mol. The highest BCUT2D eigenvalue weighted by atomic mass is 32.2. The summed E-state index contributed by atoms with van der Waals surface area (Å²) in [5, 5.41) is 0. The number of hydrogen-bond donors (Lipinski definition) is 2. The van der Waals surface area contributed by atoms with Crippen molar-refractivity contribution in [2.75, 3.05) is 29.8 Å². The Morgan fingerprint density at radius 2 is 1.36 bits per heavy atom. The molecule has 33 heavy (non-hydrogen) atoms. The SMILES string of the molecule is COc1ccccc1NS(=O)(=O)c1ccc(C)c(NS(=O)(=O)c2ccc3c(c2)OCCO3)c1. The fraction of sp³-hybridized carbons (Fsp3) is 0.182. The Kier molecular flexibility index (Phi) is 6.09. The van der Waals surface area contributed by atoms with Gasteiger partial charge in [0, 0.05) is 6.07 Å². The number of para-hydroxylation sites is 2. The van der Waals surface area contributed by atoms with Crippen molar-refractivity contribution in [3.05, 3.63) is 66.2 Å². The number of methoxy groups -OCH3 is 1. The van der Waals surface area contributed by atoms with Gasteiger partial charge in [0.15, 0.2) is 11.5 Å². The molecule has 11 heteroatoms. The van der Waals surface area contributed by atoms with Gasteiger partial charge in [-0.2, -0.15) is 0 Å². The van der Waals surface area contributed by atoms with Crippen LogP contribution in [0, 0.1) is 6.92 Å². The van der Waals surface area contributed by atoms with E-state index in [0.717, 1.165) is 0 Å². The number of rotatable bonds is 7. The van der Waals surface area contributed by atoms with E-state index in [-0.39, 0.29) is 21.2 Å². The highest BCUT2D eigenvalue weighted by molar-refractivity contribution is 7.93. The number of nitrogens with one attached hydrogen (secondary N) is 2. The molecule has 0 aromatic heterocycles. The highest BCUT2D eigenvalue weighted by Gasteiger charge is 2.22. The van der Waals surface area contributed by atoms with E-state index in [1.165, 1.54) is 43.5 Å². The number of benzene rings is 3. The second-order valence-electron chi connectivity index (χ2n) is 7.19. The standard InChI is InChI=1S/C22H22N2O7S2/c1-15-7-8-16(32(25,26)23-18-5-3-4-6-20(18)29-2)13-19(15)24-33(27,28)17-9-10-21-22(14-17)31-12-11-30-21/h3-10,13-14,23-24H,11-12H2,1-2H3. The molecule has 3 aromatic rings. The van der Waals surface area contributed by atoms with E-state index in [4.69, 9.17) is 14.2 Å². The van der Waals surface area contributed by atoms with E-state index in [0.29, 0.717) is 36.0 Å². The molecule has 1 aliphatic heterocycles. The van der Waals surface area contributed by atoms with Gasteiger partial charge in [0.05, 0.1) is 28.3 Å². The third-order valence-electron chi connectivity index (χ3n) is 4.94. The first-order valence-electron chi connectivity index (χ1n) is 9.88. The molecule has 0 radical (unpaired) electrons. The van der Waals surface area contributed by atoms with Crippen LogP contribution in [0.25, 0.3) is 0 Å².